The predicted octanol–water partition coefficient (Wildman–Crippen LogP) is 2.46. The Balaban J connectivity index is 2.02. The molecule has 0 aromatic heterocycles. The number of benzene rings is 2. The van der Waals surface area contributed by atoms with Gasteiger partial charge in [-0.1, -0.05) is 6.07 Å². The number of hydrogen-bond donors (Lipinski definition) is 3. The van der Waals surface area contributed by atoms with E-state index in [2.05, 4.69) is 5.32 Å². The van der Waals surface area contributed by atoms with Crippen molar-refractivity contribution in [1.29, 1.82) is 0 Å². The molecule has 0 bridgehead atoms. The highest BCUT2D eigenvalue weighted by molar-refractivity contribution is 5.69. The van der Waals surface area contributed by atoms with Crippen molar-refractivity contribution in [3.8, 4) is 34.5 Å². The van der Waals surface area contributed by atoms with Crippen LogP contribution in [0.1, 0.15) is 22.6 Å². The van der Waals surface area contributed by atoms with Crippen LogP contribution in [0.2, 0.25) is 0 Å². The molecule has 120 valence electrons. The standard InChI is InChI=1S/C17H17NO5/c1-21-12-5-13(22-2)17-14-9(6-18-7-10(12)14)8-3-4-11(19)15(20)16(8)23-17/h3-5,9,18-20H,6-7H2,1-2H3. The first-order chi connectivity index (χ1) is 11.2. The van der Waals surface area contributed by atoms with Gasteiger partial charge in [0.25, 0.3) is 0 Å². The smallest absolute Gasteiger partial charge is 0.201 e. The molecule has 23 heavy (non-hydrogen) atoms. The summed E-state index contributed by atoms with van der Waals surface area (Å²) in [6.45, 7) is 1.38. The molecule has 0 fully saturated rings. The second kappa shape index (κ2) is 4.96. The zero-order valence-electron chi connectivity index (χ0n) is 12.8. The van der Waals surface area contributed by atoms with Gasteiger partial charge in [0.2, 0.25) is 5.75 Å². The number of phenolic OH excluding ortho intramolecular Hbond substituents is 2. The first kappa shape index (κ1) is 14.0. The molecular weight excluding hydrogens is 298 g/mol. The van der Waals surface area contributed by atoms with Crippen LogP contribution in [0.3, 0.4) is 0 Å². The summed E-state index contributed by atoms with van der Waals surface area (Å²) in [5.41, 5.74) is 2.87. The Kier molecular flexibility index (Phi) is 3.02. The van der Waals surface area contributed by atoms with E-state index in [0.717, 1.165) is 22.4 Å². The van der Waals surface area contributed by atoms with Crippen LogP contribution in [0.5, 0.6) is 34.5 Å². The van der Waals surface area contributed by atoms with E-state index in [-0.39, 0.29) is 23.2 Å². The molecule has 0 aliphatic carbocycles. The van der Waals surface area contributed by atoms with Crippen LogP contribution in [0.4, 0.5) is 0 Å². The molecule has 2 heterocycles. The zero-order chi connectivity index (χ0) is 16.1. The number of nitrogens with one attached hydrogen (secondary N) is 1. The van der Waals surface area contributed by atoms with Crippen molar-refractivity contribution in [3.63, 3.8) is 0 Å². The van der Waals surface area contributed by atoms with E-state index in [1.807, 2.05) is 0 Å². The molecule has 2 aliphatic rings. The average molecular weight is 315 g/mol. The third kappa shape index (κ3) is 1.85. The summed E-state index contributed by atoms with van der Waals surface area (Å²) in [7, 11) is 3.19. The second-order valence-electron chi connectivity index (χ2n) is 5.64. The minimum Gasteiger partial charge on any atom is -0.504 e. The van der Waals surface area contributed by atoms with E-state index in [0.29, 0.717) is 24.6 Å². The monoisotopic (exact) mass is 315 g/mol. The van der Waals surface area contributed by atoms with E-state index >= 15 is 0 Å². The molecule has 0 amide bonds. The normalized spacial score (nSPS) is 17.7. The summed E-state index contributed by atoms with van der Waals surface area (Å²) in [5.74, 6) is 1.67. The van der Waals surface area contributed by atoms with Crippen molar-refractivity contribution in [1.82, 2.24) is 5.32 Å². The summed E-state index contributed by atoms with van der Waals surface area (Å²) < 4.78 is 16.9. The van der Waals surface area contributed by atoms with Crippen LogP contribution in [0, 0.1) is 0 Å². The fourth-order valence-corrected chi connectivity index (χ4v) is 3.43. The van der Waals surface area contributed by atoms with Gasteiger partial charge in [-0.15, -0.1) is 0 Å². The Morgan fingerprint density at radius 1 is 1.13 bits per heavy atom. The van der Waals surface area contributed by atoms with Gasteiger partial charge in [0.05, 0.1) is 14.2 Å². The van der Waals surface area contributed by atoms with E-state index in [1.54, 1.807) is 26.4 Å². The Hall–Kier alpha value is -2.60. The minimum absolute atomic E-state index is 0.00648. The highest BCUT2D eigenvalue weighted by Gasteiger charge is 2.37. The number of fused-ring (bicyclic) bond motifs is 2. The molecule has 2 aromatic carbocycles. The van der Waals surface area contributed by atoms with Gasteiger partial charge in [-0.05, 0) is 6.07 Å². The van der Waals surface area contributed by atoms with Crippen LogP contribution >= 0.6 is 0 Å². The van der Waals surface area contributed by atoms with Crippen molar-refractivity contribution in [2.75, 3.05) is 20.8 Å². The third-order valence-electron chi connectivity index (χ3n) is 4.51. The lowest BCUT2D eigenvalue weighted by Crippen LogP contribution is -2.31. The molecule has 2 aromatic rings. The minimum atomic E-state index is -0.252. The molecule has 1 unspecified atom stereocenters. The van der Waals surface area contributed by atoms with Crippen LogP contribution in [-0.2, 0) is 6.54 Å². The fraction of sp³-hybridized carbons (Fsp3) is 0.294. The van der Waals surface area contributed by atoms with E-state index < -0.39 is 0 Å². The lowest BCUT2D eigenvalue weighted by atomic mass is 9.82. The molecule has 3 N–H and O–H groups in total. The number of aromatic hydroxyl groups is 2. The van der Waals surface area contributed by atoms with Crippen molar-refractivity contribution in [2.24, 2.45) is 0 Å². The van der Waals surface area contributed by atoms with Gasteiger partial charge in [-0.25, -0.2) is 0 Å². The number of phenols is 2. The predicted molar refractivity (Wildman–Crippen MR) is 82.9 cm³/mol. The van der Waals surface area contributed by atoms with Crippen molar-refractivity contribution >= 4 is 0 Å². The summed E-state index contributed by atoms with van der Waals surface area (Å²) in [6.07, 6.45) is 0. The fourth-order valence-electron chi connectivity index (χ4n) is 3.43. The Morgan fingerprint density at radius 3 is 2.65 bits per heavy atom. The third-order valence-corrected chi connectivity index (χ3v) is 4.51. The van der Waals surface area contributed by atoms with Gasteiger partial charge in [-0.3, -0.25) is 0 Å². The summed E-state index contributed by atoms with van der Waals surface area (Å²) >= 11 is 0. The molecule has 2 aliphatic heterocycles. The maximum atomic E-state index is 10.2. The van der Waals surface area contributed by atoms with Crippen LogP contribution in [-0.4, -0.2) is 31.0 Å². The highest BCUT2D eigenvalue weighted by atomic mass is 16.5. The summed E-state index contributed by atoms with van der Waals surface area (Å²) in [6, 6.07) is 5.04. The van der Waals surface area contributed by atoms with Crippen LogP contribution in [0.15, 0.2) is 18.2 Å². The van der Waals surface area contributed by atoms with Gasteiger partial charge in [0, 0.05) is 41.8 Å². The van der Waals surface area contributed by atoms with Crippen LogP contribution < -0.4 is 19.5 Å². The quantitative estimate of drug-likeness (QED) is 0.739. The molecule has 6 nitrogen and oxygen atoms in total. The second-order valence-corrected chi connectivity index (χ2v) is 5.64. The average Bonchev–Trinajstić information content (AvgIpc) is 2.59. The topological polar surface area (TPSA) is 80.2 Å². The first-order valence-corrected chi connectivity index (χ1v) is 7.36. The Morgan fingerprint density at radius 2 is 1.91 bits per heavy atom. The number of ether oxygens (including phenoxy) is 3. The SMILES string of the molecule is COc1cc(OC)c2c3c1CNCC3c1ccc(O)c(O)c1O2. The molecule has 0 radical (unpaired) electrons. The summed E-state index contributed by atoms with van der Waals surface area (Å²) in [5, 5.41) is 23.3. The van der Waals surface area contributed by atoms with Gasteiger partial charge in [-0.2, -0.15) is 0 Å². The molecule has 0 saturated heterocycles. The van der Waals surface area contributed by atoms with Crippen LogP contribution in [0.25, 0.3) is 0 Å². The van der Waals surface area contributed by atoms with Gasteiger partial charge < -0.3 is 29.7 Å². The maximum absolute atomic E-state index is 10.2. The van der Waals surface area contributed by atoms with Gasteiger partial charge >= 0.3 is 0 Å². The van der Waals surface area contributed by atoms with Crippen molar-refractivity contribution < 1.29 is 24.4 Å². The largest absolute Gasteiger partial charge is 0.504 e. The number of methoxy groups -OCH3 is 2. The highest BCUT2D eigenvalue weighted by Crippen LogP contribution is 2.56. The zero-order valence-corrected chi connectivity index (χ0v) is 12.8. The lowest BCUT2D eigenvalue weighted by molar-refractivity contribution is 0.329. The number of rotatable bonds is 2. The lowest BCUT2D eigenvalue weighted by Gasteiger charge is -2.35. The van der Waals surface area contributed by atoms with E-state index in [9.17, 15) is 10.2 Å². The van der Waals surface area contributed by atoms with Gasteiger partial charge in [0.15, 0.2) is 23.0 Å². The van der Waals surface area contributed by atoms with E-state index in [4.69, 9.17) is 14.2 Å². The van der Waals surface area contributed by atoms with Crippen molar-refractivity contribution in [3.05, 3.63) is 34.9 Å². The molecule has 0 spiro atoms. The molecule has 1 atom stereocenters. The molecule has 6 heteroatoms. The van der Waals surface area contributed by atoms with Crippen molar-refractivity contribution in [2.45, 2.75) is 12.5 Å². The summed E-state index contributed by atoms with van der Waals surface area (Å²) in [4.78, 5) is 0. The number of hydrogen-bond acceptors (Lipinski definition) is 6. The molecule has 0 saturated carbocycles. The maximum Gasteiger partial charge on any atom is 0.201 e. The molecular formula is C17H17NO5. The van der Waals surface area contributed by atoms with Gasteiger partial charge in [0.1, 0.15) is 5.75 Å². The van der Waals surface area contributed by atoms with E-state index in [1.165, 1.54) is 6.07 Å². The molecule has 4 rings (SSSR count). The Labute approximate surface area is 133 Å². The Bertz CT molecular complexity index is 802. The first-order valence-electron chi connectivity index (χ1n) is 7.36.